The van der Waals surface area contributed by atoms with Crippen molar-refractivity contribution in [2.24, 2.45) is 0 Å². The van der Waals surface area contributed by atoms with Crippen molar-refractivity contribution < 1.29 is 29.2 Å². The third kappa shape index (κ3) is 7.90. The number of hydrogen-bond donors (Lipinski definition) is 2. The molecule has 0 aliphatic rings. The van der Waals surface area contributed by atoms with E-state index < -0.39 is 0 Å². The van der Waals surface area contributed by atoms with Crippen LogP contribution in [0.3, 0.4) is 0 Å². The van der Waals surface area contributed by atoms with E-state index in [0.29, 0.717) is 23.5 Å². The quantitative estimate of drug-likeness (QED) is 0.169. The summed E-state index contributed by atoms with van der Waals surface area (Å²) in [6, 6.07) is 11.0. The van der Waals surface area contributed by atoms with Gasteiger partial charge >= 0.3 is 0 Å². The standard InChI is InChI=1S/C28H34O6/c1-5-6-7-24(25(30)13-10-21-9-8-20(2)23(16-21)18-29)26(31)14-11-22-12-15-27(34-19-32-3)28(17-22)33-4/h8-17,29,31H,5-7,18-19H2,1-4H3/b13-10+,14-11+,26-24-. The predicted octanol–water partition coefficient (Wildman–Crippen LogP) is 5.78. The van der Waals surface area contributed by atoms with E-state index in [-0.39, 0.29) is 24.9 Å². The zero-order valence-electron chi connectivity index (χ0n) is 20.3. The van der Waals surface area contributed by atoms with Gasteiger partial charge in [-0.2, -0.15) is 0 Å². The van der Waals surface area contributed by atoms with Gasteiger partial charge in [0.15, 0.2) is 24.1 Å². The Bertz CT molecular complexity index is 1050. The van der Waals surface area contributed by atoms with Crippen molar-refractivity contribution in [2.45, 2.75) is 39.7 Å². The molecule has 0 amide bonds. The van der Waals surface area contributed by atoms with Gasteiger partial charge in [-0.05, 0) is 72.4 Å². The Balaban J connectivity index is 2.26. The van der Waals surface area contributed by atoms with E-state index in [9.17, 15) is 15.0 Å². The van der Waals surface area contributed by atoms with E-state index in [1.807, 2.05) is 38.1 Å². The molecule has 0 aliphatic heterocycles. The molecule has 0 bridgehead atoms. The summed E-state index contributed by atoms with van der Waals surface area (Å²) in [7, 11) is 3.09. The van der Waals surface area contributed by atoms with Crippen LogP contribution in [0.1, 0.15) is 48.4 Å². The molecule has 0 spiro atoms. The molecule has 0 aromatic heterocycles. The second-order valence-corrected chi connectivity index (χ2v) is 7.80. The fourth-order valence-corrected chi connectivity index (χ4v) is 3.27. The normalized spacial score (nSPS) is 12.3. The SMILES string of the molecule is CCCC/C(C(=O)/C=C/c1ccc(C)c(CO)c1)=C(O)\C=C\c1ccc(OCOC)c(OC)c1. The van der Waals surface area contributed by atoms with E-state index >= 15 is 0 Å². The topological polar surface area (TPSA) is 85.2 Å². The van der Waals surface area contributed by atoms with Crippen LogP contribution in [0.2, 0.25) is 0 Å². The van der Waals surface area contributed by atoms with E-state index in [4.69, 9.17) is 14.2 Å². The number of aryl methyl sites for hydroxylation is 1. The fourth-order valence-electron chi connectivity index (χ4n) is 3.27. The third-order valence-electron chi connectivity index (χ3n) is 5.31. The molecule has 2 N–H and O–H groups in total. The molecule has 2 aromatic rings. The van der Waals surface area contributed by atoms with E-state index in [0.717, 1.165) is 35.1 Å². The predicted molar refractivity (Wildman–Crippen MR) is 135 cm³/mol. The molecule has 0 fully saturated rings. The molecule has 6 nitrogen and oxygen atoms in total. The summed E-state index contributed by atoms with van der Waals surface area (Å²) in [4.78, 5) is 12.9. The smallest absolute Gasteiger partial charge is 0.188 e. The third-order valence-corrected chi connectivity index (χ3v) is 5.31. The largest absolute Gasteiger partial charge is 0.508 e. The average molecular weight is 467 g/mol. The molecule has 0 heterocycles. The number of allylic oxidation sites excluding steroid dienone is 3. The molecule has 0 aliphatic carbocycles. The first-order valence-electron chi connectivity index (χ1n) is 11.3. The molecule has 34 heavy (non-hydrogen) atoms. The maximum Gasteiger partial charge on any atom is 0.188 e. The van der Waals surface area contributed by atoms with Gasteiger partial charge < -0.3 is 24.4 Å². The van der Waals surface area contributed by atoms with Gasteiger partial charge in [0.05, 0.1) is 13.7 Å². The van der Waals surface area contributed by atoms with Crippen molar-refractivity contribution in [3.8, 4) is 11.5 Å². The first-order valence-corrected chi connectivity index (χ1v) is 11.3. The number of ketones is 1. The Kier molecular flexibility index (Phi) is 11.1. The second kappa shape index (κ2) is 14.0. The lowest BCUT2D eigenvalue weighted by molar-refractivity contribution is -0.111. The van der Waals surface area contributed by atoms with Crippen molar-refractivity contribution in [1.82, 2.24) is 0 Å². The van der Waals surface area contributed by atoms with Crippen LogP contribution >= 0.6 is 0 Å². The van der Waals surface area contributed by atoms with Crippen molar-refractivity contribution in [1.29, 1.82) is 0 Å². The minimum Gasteiger partial charge on any atom is -0.508 e. The van der Waals surface area contributed by atoms with Crippen LogP contribution in [-0.4, -0.2) is 37.0 Å². The number of hydrogen-bond acceptors (Lipinski definition) is 6. The van der Waals surface area contributed by atoms with Crippen molar-refractivity contribution >= 4 is 17.9 Å². The summed E-state index contributed by atoms with van der Waals surface area (Å²) in [6.45, 7) is 4.01. The molecular formula is C28H34O6. The minimum atomic E-state index is -0.248. The van der Waals surface area contributed by atoms with Crippen LogP contribution in [0.25, 0.3) is 12.2 Å². The van der Waals surface area contributed by atoms with Crippen molar-refractivity contribution in [3.05, 3.63) is 82.1 Å². The van der Waals surface area contributed by atoms with Crippen LogP contribution in [0.5, 0.6) is 11.5 Å². The molecule has 0 unspecified atom stereocenters. The second-order valence-electron chi connectivity index (χ2n) is 7.80. The lowest BCUT2D eigenvalue weighted by atomic mass is 10.0. The number of unbranched alkanes of at least 4 members (excludes halogenated alkanes) is 1. The van der Waals surface area contributed by atoms with Gasteiger partial charge in [-0.15, -0.1) is 0 Å². The average Bonchev–Trinajstić information content (AvgIpc) is 2.85. The number of benzene rings is 2. The zero-order chi connectivity index (χ0) is 24.9. The Labute approximate surface area is 201 Å². The fraction of sp³-hybridized carbons (Fsp3) is 0.321. The van der Waals surface area contributed by atoms with Crippen LogP contribution in [-0.2, 0) is 16.1 Å². The van der Waals surface area contributed by atoms with Gasteiger partial charge in [-0.25, -0.2) is 0 Å². The van der Waals surface area contributed by atoms with Gasteiger partial charge in [0.2, 0.25) is 0 Å². The Morgan fingerprint density at radius 3 is 2.38 bits per heavy atom. The lowest BCUT2D eigenvalue weighted by Gasteiger charge is -2.10. The molecule has 6 heteroatoms. The highest BCUT2D eigenvalue weighted by Gasteiger charge is 2.12. The van der Waals surface area contributed by atoms with Gasteiger partial charge in [0, 0.05) is 12.7 Å². The molecule has 0 saturated carbocycles. The summed E-state index contributed by atoms with van der Waals surface area (Å²) in [6.07, 6.45) is 8.56. The van der Waals surface area contributed by atoms with Crippen molar-refractivity contribution in [3.63, 3.8) is 0 Å². The van der Waals surface area contributed by atoms with Crippen LogP contribution in [0.15, 0.2) is 59.9 Å². The molecule has 0 radical (unpaired) electrons. The molecule has 2 rings (SSSR count). The van der Waals surface area contributed by atoms with Crippen molar-refractivity contribution in [2.75, 3.05) is 21.0 Å². The number of ether oxygens (including phenoxy) is 3. The van der Waals surface area contributed by atoms with Gasteiger partial charge in [-0.3, -0.25) is 4.79 Å². The first kappa shape index (κ1) is 26.9. The Morgan fingerprint density at radius 2 is 1.71 bits per heavy atom. The molecule has 0 atom stereocenters. The molecule has 2 aromatic carbocycles. The molecule has 182 valence electrons. The van der Waals surface area contributed by atoms with Gasteiger partial charge in [-0.1, -0.05) is 43.7 Å². The Hall–Kier alpha value is -3.35. The van der Waals surface area contributed by atoms with Gasteiger partial charge in [0.25, 0.3) is 0 Å². The Morgan fingerprint density at radius 1 is 1.00 bits per heavy atom. The van der Waals surface area contributed by atoms with Crippen LogP contribution in [0.4, 0.5) is 0 Å². The number of aliphatic hydroxyl groups excluding tert-OH is 2. The number of rotatable bonds is 13. The maximum absolute atomic E-state index is 12.9. The van der Waals surface area contributed by atoms with Crippen LogP contribution in [0, 0.1) is 6.92 Å². The van der Waals surface area contributed by atoms with Crippen LogP contribution < -0.4 is 9.47 Å². The summed E-state index contributed by atoms with van der Waals surface area (Å²) in [5.74, 6) is 0.767. The van der Waals surface area contributed by atoms with E-state index in [1.165, 1.54) is 12.2 Å². The molecule has 0 saturated heterocycles. The van der Waals surface area contributed by atoms with E-state index in [1.54, 1.807) is 38.5 Å². The maximum atomic E-state index is 12.9. The minimum absolute atomic E-state index is 0.0566. The summed E-state index contributed by atoms with van der Waals surface area (Å²) < 4.78 is 15.7. The van der Waals surface area contributed by atoms with Gasteiger partial charge in [0.1, 0.15) is 5.76 Å². The monoisotopic (exact) mass is 466 g/mol. The van der Waals surface area contributed by atoms with E-state index in [2.05, 4.69) is 0 Å². The number of carbonyl (C=O) groups is 1. The zero-order valence-corrected chi connectivity index (χ0v) is 20.3. The highest BCUT2D eigenvalue weighted by molar-refractivity contribution is 6.06. The number of methoxy groups -OCH3 is 2. The highest BCUT2D eigenvalue weighted by atomic mass is 16.7. The number of carbonyl (C=O) groups excluding carboxylic acids is 1. The summed E-state index contributed by atoms with van der Waals surface area (Å²) in [5.41, 5.74) is 3.76. The lowest BCUT2D eigenvalue weighted by Crippen LogP contribution is -2.03. The summed E-state index contributed by atoms with van der Waals surface area (Å²) >= 11 is 0. The summed E-state index contributed by atoms with van der Waals surface area (Å²) in [5, 5.41) is 20.2. The molecular weight excluding hydrogens is 432 g/mol. The first-order chi connectivity index (χ1) is 16.4. The highest BCUT2D eigenvalue weighted by Crippen LogP contribution is 2.29. The number of aliphatic hydroxyl groups is 2.